The molecule has 0 N–H and O–H groups in total. The molecule has 0 saturated carbocycles. The average Bonchev–Trinajstić information content (AvgIpc) is 2.81. The van der Waals surface area contributed by atoms with Crippen LogP contribution in [0.25, 0.3) is 0 Å². The summed E-state index contributed by atoms with van der Waals surface area (Å²) in [5.41, 5.74) is 1.36. The molecule has 0 aromatic heterocycles. The van der Waals surface area contributed by atoms with Crippen LogP contribution in [0.5, 0.6) is 0 Å². The van der Waals surface area contributed by atoms with E-state index in [0.717, 1.165) is 19.3 Å². The van der Waals surface area contributed by atoms with Crippen LogP contribution < -0.4 is 0 Å². The summed E-state index contributed by atoms with van der Waals surface area (Å²) in [6.45, 7) is 2.15. The van der Waals surface area contributed by atoms with Crippen molar-refractivity contribution in [2.24, 2.45) is 0 Å². The first kappa shape index (κ1) is 12.7. The molecule has 0 aliphatic heterocycles. The number of hydrogen-bond acceptors (Lipinski definition) is 0. The zero-order chi connectivity index (χ0) is 8.65. The molecule has 0 aromatic carbocycles. The molecular weight excluding hydrogens is 168 g/mol. The van der Waals surface area contributed by atoms with Crippen LogP contribution >= 0.6 is 0 Å². The summed E-state index contributed by atoms with van der Waals surface area (Å²) in [5, 5.41) is 0. The molecule has 2 aliphatic carbocycles. The van der Waals surface area contributed by atoms with Gasteiger partial charge in [-0.2, -0.15) is 12.2 Å². The van der Waals surface area contributed by atoms with Crippen molar-refractivity contribution in [3.05, 3.63) is 48.1 Å². The van der Waals surface area contributed by atoms with Crippen molar-refractivity contribution in [2.45, 2.75) is 26.2 Å². The Hall–Kier alpha value is -0.274. The minimum absolute atomic E-state index is 0. The van der Waals surface area contributed by atoms with Gasteiger partial charge in [-0.1, -0.05) is 13.3 Å². The van der Waals surface area contributed by atoms with Crippen LogP contribution in [0.1, 0.15) is 26.2 Å². The topological polar surface area (TPSA) is 0 Å². The molecule has 13 heavy (non-hydrogen) atoms. The maximum Gasteiger partial charge on any atom is 2.00 e. The molecule has 2 aliphatic rings. The third-order valence-electron chi connectivity index (χ3n) is 1.73. The van der Waals surface area contributed by atoms with Crippen molar-refractivity contribution >= 4 is 23.1 Å². The summed E-state index contributed by atoms with van der Waals surface area (Å²) >= 11 is 0. The predicted molar refractivity (Wildman–Crippen MR) is 58.1 cm³/mol. The Morgan fingerprint density at radius 3 is 2.38 bits per heavy atom. The van der Waals surface area contributed by atoms with E-state index in [2.05, 4.69) is 37.3 Å². The molecule has 0 saturated heterocycles. The Morgan fingerprint density at radius 2 is 2.15 bits per heavy atom. The van der Waals surface area contributed by atoms with Gasteiger partial charge < -0.3 is 0 Å². The van der Waals surface area contributed by atoms with E-state index in [0.29, 0.717) is 0 Å². The van der Waals surface area contributed by atoms with E-state index >= 15 is 0 Å². The monoisotopic (exact) mass is 182 g/mol. The van der Waals surface area contributed by atoms with Gasteiger partial charge in [0.15, 0.2) is 0 Å². The maximum absolute atomic E-state index is 3.21. The second-order valence-corrected chi connectivity index (χ2v) is 2.67. The summed E-state index contributed by atoms with van der Waals surface area (Å²) in [5.74, 6) is 0. The Bertz CT molecular complexity index is 222. The van der Waals surface area contributed by atoms with Gasteiger partial charge in [-0.25, -0.2) is 23.8 Å². The number of rotatable bonds is 1. The van der Waals surface area contributed by atoms with Crippen LogP contribution in [0.4, 0.5) is 0 Å². The summed E-state index contributed by atoms with van der Waals surface area (Å²) in [6.07, 6.45) is 19.7. The molecule has 0 radical (unpaired) electrons. The molecule has 0 spiro atoms. The number of allylic oxidation sites excluding steroid dienone is 8. The van der Waals surface area contributed by atoms with Crippen molar-refractivity contribution < 1.29 is 0 Å². The van der Waals surface area contributed by atoms with Gasteiger partial charge >= 0.3 is 23.1 Å². The summed E-state index contributed by atoms with van der Waals surface area (Å²) in [7, 11) is 0. The quantitative estimate of drug-likeness (QED) is 0.432. The normalized spacial score (nSPS) is 16.2. The molecule has 0 amide bonds. The Balaban J connectivity index is 0.000000215. The number of hydrogen-bond donors (Lipinski definition) is 0. The minimum Gasteiger partial charge on any atom is -0.273 e. The van der Waals surface area contributed by atoms with Gasteiger partial charge in [-0.3, -0.25) is 12.2 Å². The molecule has 0 unspecified atom stereocenters. The Morgan fingerprint density at radius 1 is 1.31 bits per heavy atom. The van der Waals surface area contributed by atoms with Crippen molar-refractivity contribution in [1.29, 1.82) is 0 Å². The van der Waals surface area contributed by atoms with E-state index in [1.807, 2.05) is 12.2 Å². The second-order valence-electron chi connectivity index (χ2n) is 2.67. The zero-order valence-corrected chi connectivity index (χ0v) is 9.63. The molecule has 0 aromatic rings. The van der Waals surface area contributed by atoms with Gasteiger partial charge in [0.05, 0.1) is 0 Å². The molecule has 64 valence electrons. The van der Waals surface area contributed by atoms with Gasteiger partial charge in [0.2, 0.25) is 0 Å². The molecule has 0 nitrogen and oxygen atoms in total. The smallest absolute Gasteiger partial charge is 0.273 e. The molecule has 2 rings (SSSR count). The minimum atomic E-state index is 0. The summed E-state index contributed by atoms with van der Waals surface area (Å²) in [4.78, 5) is 0. The fourth-order valence-corrected chi connectivity index (χ4v) is 1.03. The molecular formula is C12H14Mg. The molecule has 0 fully saturated rings. The van der Waals surface area contributed by atoms with Crippen molar-refractivity contribution in [2.75, 3.05) is 0 Å². The standard InChI is InChI=1S/C7H9.C5H5.Mg/c1-2-7-5-3-4-6-7;1-2-4-5-3-1;/h3,5H,2,4H2,1H3;1-3H,4H2;/q2*-1;+2. The third kappa shape index (κ3) is 5.89. The fraction of sp³-hybridized carbons (Fsp3) is 0.333. The maximum atomic E-state index is 3.21. The van der Waals surface area contributed by atoms with E-state index in [1.165, 1.54) is 5.57 Å². The van der Waals surface area contributed by atoms with Crippen LogP contribution in [0.15, 0.2) is 36.0 Å². The van der Waals surface area contributed by atoms with Gasteiger partial charge in [0.1, 0.15) is 0 Å². The molecule has 1 heteroatoms. The van der Waals surface area contributed by atoms with E-state index in [1.54, 1.807) is 0 Å². The summed E-state index contributed by atoms with van der Waals surface area (Å²) in [6, 6.07) is 0. The van der Waals surface area contributed by atoms with E-state index in [9.17, 15) is 0 Å². The summed E-state index contributed by atoms with van der Waals surface area (Å²) < 4.78 is 0. The van der Waals surface area contributed by atoms with Crippen molar-refractivity contribution in [3.63, 3.8) is 0 Å². The Labute approximate surface area is 97.3 Å². The largest absolute Gasteiger partial charge is 2.00 e. The van der Waals surface area contributed by atoms with E-state index in [4.69, 9.17) is 0 Å². The second kappa shape index (κ2) is 8.33. The van der Waals surface area contributed by atoms with Gasteiger partial charge in [-0.15, -0.1) is 12.8 Å². The molecule has 0 heterocycles. The van der Waals surface area contributed by atoms with E-state index in [-0.39, 0.29) is 23.1 Å². The predicted octanol–water partition coefficient (Wildman–Crippen LogP) is 3.01. The fourth-order valence-electron chi connectivity index (χ4n) is 1.03. The zero-order valence-electron chi connectivity index (χ0n) is 8.22. The van der Waals surface area contributed by atoms with Gasteiger partial charge in [0, 0.05) is 0 Å². The van der Waals surface area contributed by atoms with Crippen LogP contribution in [-0.4, -0.2) is 23.1 Å². The SMILES string of the molecule is CCC1=[C-]CC=C1.[C-]1=CC=CC1.[Mg+2]. The third-order valence-corrected chi connectivity index (χ3v) is 1.73. The van der Waals surface area contributed by atoms with Crippen molar-refractivity contribution in [3.8, 4) is 0 Å². The van der Waals surface area contributed by atoms with E-state index < -0.39 is 0 Å². The van der Waals surface area contributed by atoms with Crippen LogP contribution in [0.3, 0.4) is 0 Å². The molecule has 0 bridgehead atoms. The average molecular weight is 183 g/mol. The van der Waals surface area contributed by atoms with Gasteiger partial charge in [-0.05, 0) is 0 Å². The van der Waals surface area contributed by atoms with Crippen molar-refractivity contribution in [1.82, 2.24) is 0 Å². The first-order chi connectivity index (χ1) is 5.93. The first-order valence-electron chi connectivity index (χ1n) is 4.41. The Kier molecular flexibility index (Phi) is 8.15. The van der Waals surface area contributed by atoms with Gasteiger partial charge in [0.25, 0.3) is 0 Å². The first-order valence-corrected chi connectivity index (χ1v) is 4.41. The molecule has 0 atom stereocenters. The van der Waals surface area contributed by atoms with Crippen LogP contribution in [-0.2, 0) is 0 Å². The van der Waals surface area contributed by atoms with Crippen LogP contribution in [0, 0.1) is 12.2 Å². The van der Waals surface area contributed by atoms with Crippen LogP contribution in [0.2, 0.25) is 0 Å².